The SMILES string of the molecule is NC(=S)c1ccnnc1NCCCN1CCOCC1. The maximum Gasteiger partial charge on any atom is 0.158 e. The molecule has 0 aromatic carbocycles. The van der Waals surface area contributed by atoms with Gasteiger partial charge in [-0.05, 0) is 19.0 Å². The Bertz CT molecular complexity index is 422. The zero-order valence-corrected chi connectivity index (χ0v) is 11.7. The predicted molar refractivity (Wildman–Crippen MR) is 78.3 cm³/mol. The monoisotopic (exact) mass is 281 g/mol. The first-order valence-electron chi connectivity index (χ1n) is 6.43. The molecule has 104 valence electrons. The Hall–Kier alpha value is -1.31. The molecule has 7 heteroatoms. The Morgan fingerprint density at radius 2 is 2.26 bits per heavy atom. The fourth-order valence-electron chi connectivity index (χ4n) is 2.00. The summed E-state index contributed by atoms with van der Waals surface area (Å²) in [6.45, 7) is 5.59. The van der Waals surface area contributed by atoms with Crippen molar-refractivity contribution in [3.63, 3.8) is 0 Å². The summed E-state index contributed by atoms with van der Waals surface area (Å²) in [5.41, 5.74) is 6.38. The van der Waals surface area contributed by atoms with Gasteiger partial charge < -0.3 is 15.8 Å². The quantitative estimate of drug-likeness (QED) is 0.571. The molecule has 0 unspecified atom stereocenters. The normalized spacial score (nSPS) is 16.2. The van der Waals surface area contributed by atoms with E-state index in [0.717, 1.165) is 51.4 Å². The molecule has 1 fully saturated rings. The number of hydrogen-bond acceptors (Lipinski definition) is 6. The minimum absolute atomic E-state index is 0.338. The van der Waals surface area contributed by atoms with Crippen molar-refractivity contribution in [3.8, 4) is 0 Å². The van der Waals surface area contributed by atoms with E-state index in [1.165, 1.54) is 0 Å². The van der Waals surface area contributed by atoms with Crippen LogP contribution >= 0.6 is 12.2 Å². The standard InChI is InChI=1S/C12H19N5OS/c13-11(19)10-2-4-15-16-12(10)14-3-1-5-17-6-8-18-9-7-17/h2,4H,1,3,5-9H2,(H2,13,19)(H,14,16). The minimum Gasteiger partial charge on any atom is -0.389 e. The number of ether oxygens (including phenoxy) is 1. The topological polar surface area (TPSA) is 76.3 Å². The fourth-order valence-corrected chi connectivity index (χ4v) is 2.16. The molecule has 0 spiro atoms. The van der Waals surface area contributed by atoms with E-state index in [-0.39, 0.29) is 0 Å². The molecular weight excluding hydrogens is 262 g/mol. The molecule has 0 bridgehead atoms. The second kappa shape index (κ2) is 7.32. The molecule has 0 radical (unpaired) electrons. The molecule has 1 aliphatic heterocycles. The third kappa shape index (κ3) is 4.38. The van der Waals surface area contributed by atoms with Crippen LogP contribution < -0.4 is 11.1 Å². The van der Waals surface area contributed by atoms with Gasteiger partial charge in [0.2, 0.25) is 0 Å². The number of aromatic nitrogens is 2. The smallest absolute Gasteiger partial charge is 0.158 e. The predicted octanol–water partition coefficient (Wildman–Crippen LogP) is 0.245. The number of thiocarbonyl (C=S) groups is 1. The molecule has 0 amide bonds. The molecule has 3 N–H and O–H groups in total. The van der Waals surface area contributed by atoms with E-state index in [1.807, 2.05) is 0 Å². The molecule has 1 saturated heterocycles. The number of nitrogens with zero attached hydrogens (tertiary/aromatic N) is 3. The number of hydrogen-bond donors (Lipinski definition) is 2. The highest BCUT2D eigenvalue weighted by molar-refractivity contribution is 7.80. The Labute approximate surface area is 118 Å². The van der Waals surface area contributed by atoms with E-state index in [1.54, 1.807) is 12.3 Å². The lowest BCUT2D eigenvalue weighted by Crippen LogP contribution is -2.37. The average molecular weight is 281 g/mol. The van der Waals surface area contributed by atoms with E-state index < -0.39 is 0 Å². The fraction of sp³-hybridized carbons (Fsp3) is 0.583. The second-order valence-corrected chi connectivity index (χ2v) is 4.83. The van der Waals surface area contributed by atoms with Crippen molar-refractivity contribution in [2.24, 2.45) is 5.73 Å². The van der Waals surface area contributed by atoms with Gasteiger partial charge in [0.15, 0.2) is 5.82 Å². The van der Waals surface area contributed by atoms with Gasteiger partial charge in [0.1, 0.15) is 4.99 Å². The van der Waals surface area contributed by atoms with Gasteiger partial charge in [-0.2, -0.15) is 5.10 Å². The minimum atomic E-state index is 0.338. The van der Waals surface area contributed by atoms with Crippen LogP contribution in [0.2, 0.25) is 0 Å². The zero-order valence-electron chi connectivity index (χ0n) is 10.8. The van der Waals surface area contributed by atoms with Crippen LogP contribution in [0.5, 0.6) is 0 Å². The summed E-state index contributed by atoms with van der Waals surface area (Å²) in [6.07, 6.45) is 2.63. The van der Waals surface area contributed by atoms with Crippen molar-refractivity contribution >= 4 is 23.0 Å². The Kier molecular flexibility index (Phi) is 5.44. The zero-order chi connectivity index (χ0) is 13.5. The number of rotatable bonds is 6. The number of anilines is 1. The lowest BCUT2D eigenvalue weighted by atomic mass is 10.2. The Morgan fingerprint density at radius 1 is 1.47 bits per heavy atom. The van der Waals surface area contributed by atoms with Crippen molar-refractivity contribution in [3.05, 3.63) is 17.8 Å². The lowest BCUT2D eigenvalue weighted by Gasteiger charge is -2.26. The van der Waals surface area contributed by atoms with E-state index in [0.29, 0.717) is 10.8 Å². The van der Waals surface area contributed by atoms with Gasteiger partial charge in [0.25, 0.3) is 0 Å². The first-order valence-corrected chi connectivity index (χ1v) is 6.83. The average Bonchev–Trinajstić information content (AvgIpc) is 2.45. The van der Waals surface area contributed by atoms with Gasteiger partial charge in [-0.25, -0.2) is 0 Å². The van der Waals surface area contributed by atoms with Gasteiger partial charge >= 0.3 is 0 Å². The van der Waals surface area contributed by atoms with E-state index in [2.05, 4.69) is 20.4 Å². The summed E-state index contributed by atoms with van der Waals surface area (Å²) in [6, 6.07) is 1.78. The Morgan fingerprint density at radius 3 is 3.00 bits per heavy atom. The molecule has 0 saturated carbocycles. The largest absolute Gasteiger partial charge is 0.389 e. The Balaban J connectivity index is 1.74. The molecule has 2 rings (SSSR count). The third-order valence-corrected chi connectivity index (χ3v) is 3.25. The van der Waals surface area contributed by atoms with Gasteiger partial charge in [0.05, 0.1) is 25.0 Å². The second-order valence-electron chi connectivity index (χ2n) is 4.39. The van der Waals surface area contributed by atoms with Gasteiger partial charge in [-0.1, -0.05) is 12.2 Å². The molecule has 0 atom stereocenters. The van der Waals surface area contributed by atoms with Crippen molar-refractivity contribution in [2.75, 3.05) is 44.7 Å². The van der Waals surface area contributed by atoms with Crippen molar-refractivity contribution in [1.29, 1.82) is 0 Å². The molecule has 0 aliphatic carbocycles. The van der Waals surface area contributed by atoms with Crippen LogP contribution in [0.15, 0.2) is 12.3 Å². The van der Waals surface area contributed by atoms with Crippen molar-refractivity contribution in [1.82, 2.24) is 15.1 Å². The molecule has 1 aromatic rings. The molecule has 1 aromatic heterocycles. The summed E-state index contributed by atoms with van der Waals surface area (Å²) in [7, 11) is 0. The lowest BCUT2D eigenvalue weighted by molar-refractivity contribution is 0.0378. The van der Waals surface area contributed by atoms with Gasteiger partial charge in [0, 0.05) is 19.6 Å². The van der Waals surface area contributed by atoms with E-state index in [4.69, 9.17) is 22.7 Å². The van der Waals surface area contributed by atoms with Crippen LogP contribution in [0.4, 0.5) is 5.82 Å². The third-order valence-electron chi connectivity index (χ3n) is 3.03. The highest BCUT2D eigenvalue weighted by Crippen LogP contribution is 2.09. The highest BCUT2D eigenvalue weighted by Gasteiger charge is 2.10. The molecule has 19 heavy (non-hydrogen) atoms. The van der Waals surface area contributed by atoms with Gasteiger partial charge in [-0.3, -0.25) is 4.90 Å². The molecular formula is C12H19N5OS. The van der Waals surface area contributed by atoms with Crippen molar-refractivity contribution in [2.45, 2.75) is 6.42 Å². The van der Waals surface area contributed by atoms with Crippen LogP contribution in [-0.2, 0) is 4.74 Å². The summed E-state index contributed by atoms with van der Waals surface area (Å²) in [5.74, 6) is 0.664. The maximum absolute atomic E-state index is 5.64. The highest BCUT2D eigenvalue weighted by atomic mass is 32.1. The summed E-state index contributed by atoms with van der Waals surface area (Å²) in [4.78, 5) is 2.74. The number of nitrogens with one attached hydrogen (secondary N) is 1. The molecule has 1 aliphatic rings. The first kappa shape index (κ1) is 14.1. The van der Waals surface area contributed by atoms with Crippen LogP contribution in [0.1, 0.15) is 12.0 Å². The molecule has 2 heterocycles. The number of morpholine rings is 1. The summed E-state index contributed by atoms with van der Waals surface area (Å²) in [5, 5.41) is 11.1. The van der Waals surface area contributed by atoms with Crippen LogP contribution in [0.25, 0.3) is 0 Å². The van der Waals surface area contributed by atoms with Crippen molar-refractivity contribution < 1.29 is 4.74 Å². The van der Waals surface area contributed by atoms with E-state index in [9.17, 15) is 0 Å². The molecule has 6 nitrogen and oxygen atoms in total. The first-order chi connectivity index (χ1) is 9.27. The van der Waals surface area contributed by atoms with Crippen LogP contribution in [0.3, 0.4) is 0 Å². The van der Waals surface area contributed by atoms with Crippen LogP contribution in [0, 0.1) is 0 Å². The number of nitrogens with two attached hydrogens (primary N) is 1. The maximum atomic E-state index is 5.64. The van der Waals surface area contributed by atoms with Gasteiger partial charge in [-0.15, -0.1) is 5.10 Å². The summed E-state index contributed by atoms with van der Waals surface area (Å²) >= 11 is 4.98. The summed E-state index contributed by atoms with van der Waals surface area (Å²) < 4.78 is 5.31. The van der Waals surface area contributed by atoms with Crippen LogP contribution in [-0.4, -0.2) is 59.5 Å². The van der Waals surface area contributed by atoms with E-state index >= 15 is 0 Å².